The number of hydrogen-bond acceptors (Lipinski definition) is 2. The van der Waals surface area contributed by atoms with E-state index in [1.807, 2.05) is 37.3 Å². The number of nitrogens with one attached hydrogen (secondary N) is 1. The molecule has 0 heterocycles. The number of likely N-dealkylation sites (N-methyl/N-ethyl adjacent to an activating group) is 1. The summed E-state index contributed by atoms with van der Waals surface area (Å²) in [5, 5.41) is 2.78. The van der Waals surface area contributed by atoms with Gasteiger partial charge in [0, 0.05) is 17.2 Å². The van der Waals surface area contributed by atoms with Crippen LogP contribution in [0.25, 0.3) is 0 Å². The van der Waals surface area contributed by atoms with Crippen LogP contribution in [0.15, 0.2) is 53.0 Å². The molecule has 22 heavy (non-hydrogen) atoms. The average molecular weight is 361 g/mol. The van der Waals surface area contributed by atoms with Crippen molar-refractivity contribution in [3.8, 4) is 0 Å². The number of carbonyl (C=O) groups excluding carboxylic acids is 2. The van der Waals surface area contributed by atoms with Gasteiger partial charge in [-0.15, -0.1) is 0 Å². The zero-order valence-electron chi connectivity index (χ0n) is 12.5. The molecule has 2 aromatic carbocycles. The highest BCUT2D eigenvalue weighted by Crippen LogP contribution is 2.17. The maximum Gasteiger partial charge on any atom is 0.255 e. The van der Waals surface area contributed by atoms with Gasteiger partial charge in [0.1, 0.15) is 0 Å². The second-order valence-electron chi connectivity index (χ2n) is 5.06. The van der Waals surface area contributed by atoms with E-state index in [2.05, 4.69) is 21.2 Å². The number of amides is 2. The molecule has 114 valence electrons. The lowest BCUT2D eigenvalue weighted by molar-refractivity contribution is -0.116. The lowest BCUT2D eigenvalue weighted by Gasteiger charge is -2.17. The van der Waals surface area contributed by atoms with Crippen molar-refractivity contribution in [1.82, 2.24) is 4.90 Å². The molecule has 0 aliphatic rings. The van der Waals surface area contributed by atoms with Gasteiger partial charge in [-0.05, 0) is 47.1 Å². The molecule has 0 bridgehead atoms. The lowest BCUT2D eigenvalue weighted by atomic mass is 10.2. The van der Waals surface area contributed by atoms with Crippen LogP contribution in [0.5, 0.6) is 0 Å². The first-order valence-electron chi connectivity index (χ1n) is 6.84. The van der Waals surface area contributed by atoms with Crippen molar-refractivity contribution in [3.05, 3.63) is 64.1 Å². The van der Waals surface area contributed by atoms with E-state index in [0.717, 1.165) is 11.3 Å². The van der Waals surface area contributed by atoms with Gasteiger partial charge in [0.25, 0.3) is 5.91 Å². The van der Waals surface area contributed by atoms with Gasteiger partial charge in [0.05, 0.1) is 12.1 Å². The van der Waals surface area contributed by atoms with E-state index in [-0.39, 0.29) is 18.4 Å². The van der Waals surface area contributed by atoms with Gasteiger partial charge in [-0.3, -0.25) is 9.59 Å². The Bertz CT molecular complexity index is 683. The minimum atomic E-state index is -0.230. The first-order chi connectivity index (χ1) is 10.5. The number of benzene rings is 2. The van der Waals surface area contributed by atoms with E-state index in [9.17, 15) is 9.59 Å². The van der Waals surface area contributed by atoms with Gasteiger partial charge >= 0.3 is 0 Å². The molecule has 0 aromatic heterocycles. The summed E-state index contributed by atoms with van der Waals surface area (Å²) in [5.74, 6) is -0.432. The molecule has 0 radical (unpaired) electrons. The highest BCUT2D eigenvalue weighted by Gasteiger charge is 2.17. The molecular weight excluding hydrogens is 344 g/mol. The fourth-order valence-electron chi connectivity index (χ4n) is 1.96. The second-order valence-corrected chi connectivity index (χ2v) is 5.91. The number of anilines is 1. The summed E-state index contributed by atoms with van der Waals surface area (Å²) in [6.07, 6.45) is 0. The van der Waals surface area contributed by atoms with Gasteiger partial charge in [-0.25, -0.2) is 0 Å². The highest BCUT2D eigenvalue weighted by atomic mass is 79.9. The standard InChI is InChI=1S/C17H17BrN2O2/c1-12-7-9-13(10-8-12)19-16(21)11-20(2)17(22)14-5-3-4-6-15(14)18/h3-10H,11H2,1-2H3,(H,19,21). The van der Waals surface area contributed by atoms with Crippen LogP contribution in [0.3, 0.4) is 0 Å². The average Bonchev–Trinajstić information content (AvgIpc) is 2.49. The molecule has 0 unspecified atom stereocenters. The number of aryl methyl sites for hydroxylation is 1. The topological polar surface area (TPSA) is 49.4 Å². The van der Waals surface area contributed by atoms with Gasteiger partial charge in [0.15, 0.2) is 0 Å². The number of rotatable bonds is 4. The van der Waals surface area contributed by atoms with Crippen molar-refractivity contribution in [2.45, 2.75) is 6.92 Å². The van der Waals surface area contributed by atoms with Gasteiger partial charge in [-0.1, -0.05) is 29.8 Å². The Morgan fingerprint density at radius 2 is 1.73 bits per heavy atom. The van der Waals surface area contributed by atoms with Crippen LogP contribution >= 0.6 is 15.9 Å². The third-order valence-corrected chi connectivity index (χ3v) is 3.86. The molecule has 0 aliphatic heterocycles. The summed E-state index contributed by atoms with van der Waals surface area (Å²) in [6, 6.07) is 14.7. The van der Waals surface area contributed by atoms with E-state index in [0.29, 0.717) is 10.0 Å². The van der Waals surface area contributed by atoms with Crippen molar-refractivity contribution < 1.29 is 9.59 Å². The summed E-state index contributed by atoms with van der Waals surface area (Å²) in [6.45, 7) is 1.98. The molecule has 2 amide bonds. The highest BCUT2D eigenvalue weighted by molar-refractivity contribution is 9.10. The predicted molar refractivity (Wildman–Crippen MR) is 90.9 cm³/mol. The minimum Gasteiger partial charge on any atom is -0.332 e. The Hall–Kier alpha value is -2.14. The van der Waals surface area contributed by atoms with Gasteiger partial charge < -0.3 is 10.2 Å². The van der Waals surface area contributed by atoms with E-state index in [1.54, 1.807) is 25.2 Å². The molecule has 0 saturated carbocycles. The Balaban J connectivity index is 1.97. The van der Waals surface area contributed by atoms with Crippen LogP contribution in [0, 0.1) is 6.92 Å². The number of nitrogens with zero attached hydrogens (tertiary/aromatic N) is 1. The van der Waals surface area contributed by atoms with Gasteiger partial charge in [-0.2, -0.15) is 0 Å². The Labute approximate surface area is 138 Å². The smallest absolute Gasteiger partial charge is 0.255 e. The molecule has 0 spiro atoms. The fraction of sp³-hybridized carbons (Fsp3) is 0.176. The molecule has 2 rings (SSSR count). The van der Waals surface area contributed by atoms with Crippen molar-refractivity contribution in [1.29, 1.82) is 0 Å². The van der Waals surface area contributed by atoms with Crippen molar-refractivity contribution >= 4 is 33.4 Å². The summed E-state index contributed by atoms with van der Waals surface area (Å²) >= 11 is 3.34. The van der Waals surface area contributed by atoms with Crippen molar-refractivity contribution in [3.63, 3.8) is 0 Å². The summed E-state index contributed by atoms with van der Waals surface area (Å²) in [7, 11) is 1.61. The molecule has 4 nitrogen and oxygen atoms in total. The van der Waals surface area contributed by atoms with Crippen LogP contribution in [0.2, 0.25) is 0 Å². The Kier molecular flexibility index (Phi) is 5.33. The Morgan fingerprint density at radius 3 is 2.36 bits per heavy atom. The molecule has 0 fully saturated rings. The normalized spacial score (nSPS) is 10.1. The van der Waals surface area contributed by atoms with E-state index >= 15 is 0 Å². The van der Waals surface area contributed by atoms with Crippen LogP contribution < -0.4 is 5.32 Å². The SMILES string of the molecule is Cc1ccc(NC(=O)CN(C)C(=O)c2ccccc2Br)cc1. The van der Waals surface area contributed by atoms with E-state index < -0.39 is 0 Å². The monoisotopic (exact) mass is 360 g/mol. The molecule has 1 N–H and O–H groups in total. The first kappa shape index (κ1) is 16.2. The maximum atomic E-state index is 12.3. The van der Waals surface area contributed by atoms with E-state index in [1.165, 1.54) is 4.90 Å². The quantitative estimate of drug-likeness (QED) is 0.907. The number of halogens is 1. The lowest BCUT2D eigenvalue weighted by Crippen LogP contribution is -2.35. The molecule has 5 heteroatoms. The summed E-state index contributed by atoms with van der Waals surface area (Å²) in [5.41, 5.74) is 2.38. The molecular formula is C17H17BrN2O2. The second kappa shape index (κ2) is 7.22. The predicted octanol–water partition coefficient (Wildman–Crippen LogP) is 3.47. The fourth-order valence-corrected chi connectivity index (χ4v) is 2.42. The van der Waals surface area contributed by atoms with Crippen LogP contribution in [-0.2, 0) is 4.79 Å². The van der Waals surface area contributed by atoms with Crippen LogP contribution in [0.4, 0.5) is 5.69 Å². The third-order valence-electron chi connectivity index (χ3n) is 3.17. The molecule has 0 aliphatic carbocycles. The first-order valence-corrected chi connectivity index (χ1v) is 7.63. The Morgan fingerprint density at radius 1 is 1.09 bits per heavy atom. The van der Waals surface area contributed by atoms with E-state index in [4.69, 9.17) is 0 Å². The van der Waals surface area contributed by atoms with Crippen LogP contribution in [-0.4, -0.2) is 30.3 Å². The summed E-state index contributed by atoms with van der Waals surface area (Å²) < 4.78 is 0.714. The zero-order valence-corrected chi connectivity index (χ0v) is 14.1. The molecule has 0 atom stereocenters. The van der Waals surface area contributed by atoms with Crippen LogP contribution in [0.1, 0.15) is 15.9 Å². The van der Waals surface area contributed by atoms with Crippen molar-refractivity contribution in [2.24, 2.45) is 0 Å². The number of carbonyl (C=O) groups is 2. The maximum absolute atomic E-state index is 12.3. The molecule has 2 aromatic rings. The molecule has 0 saturated heterocycles. The zero-order chi connectivity index (χ0) is 16.1. The summed E-state index contributed by atoms with van der Waals surface area (Å²) in [4.78, 5) is 25.7. The van der Waals surface area contributed by atoms with Crippen molar-refractivity contribution in [2.75, 3.05) is 18.9 Å². The van der Waals surface area contributed by atoms with Gasteiger partial charge in [0.2, 0.25) is 5.91 Å². The largest absolute Gasteiger partial charge is 0.332 e. The third kappa shape index (κ3) is 4.18. The number of hydrogen-bond donors (Lipinski definition) is 1. The minimum absolute atomic E-state index is 0.00591.